The highest BCUT2D eigenvalue weighted by molar-refractivity contribution is 5.79. The smallest absolute Gasteiger partial charge is 0.0178 e. The number of allylic oxidation sites excluding steroid dienone is 8. The highest BCUT2D eigenvalue weighted by Gasteiger charge is 2.01. The van der Waals surface area contributed by atoms with Gasteiger partial charge < -0.3 is 0 Å². The normalized spacial score (nSPS) is 10.7. The van der Waals surface area contributed by atoms with Crippen molar-refractivity contribution in [1.29, 1.82) is 0 Å². The topological polar surface area (TPSA) is 0 Å². The molecule has 0 spiro atoms. The SMILES string of the molecule is C=C(C)/C=C\C.C=C/C=C(\C=C(C)C)c1cccc(-c2ccccc2)c1. The summed E-state index contributed by atoms with van der Waals surface area (Å²) in [5, 5.41) is 0. The molecule has 2 aromatic rings. The van der Waals surface area contributed by atoms with Gasteiger partial charge in [-0.05, 0) is 56.0 Å². The van der Waals surface area contributed by atoms with E-state index in [0.717, 1.165) is 5.57 Å². The van der Waals surface area contributed by atoms with Crippen molar-refractivity contribution in [3.63, 3.8) is 0 Å². The molecular formula is C26H30. The Kier molecular flexibility index (Phi) is 9.49. The van der Waals surface area contributed by atoms with Crippen LogP contribution in [-0.4, -0.2) is 0 Å². The number of hydrogen-bond donors (Lipinski definition) is 0. The fraction of sp³-hybridized carbons (Fsp3) is 0.154. The van der Waals surface area contributed by atoms with Gasteiger partial charge in [-0.3, -0.25) is 0 Å². The lowest BCUT2D eigenvalue weighted by Crippen LogP contribution is -1.84. The van der Waals surface area contributed by atoms with Gasteiger partial charge >= 0.3 is 0 Å². The maximum absolute atomic E-state index is 3.81. The standard InChI is InChI=1S/C20H20.C6H10/c1-4-9-18(14-16(2)3)20-13-8-12-19(15-20)17-10-6-5-7-11-17;1-4-5-6(2)3/h4-15H,1H2,2-3H3;4-5H,2H2,1,3H3/b18-9+;5-4-. The van der Waals surface area contributed by atoms with Gasteiger partial charge in [0.1, 0.15) is 0 Å². The van der Waals surface area contributed by atoms with Crippen LogP contribution < -0.4 is 0 Å². The van der Waals surface area contributed by atoms with Gasteiger partial charge in [0.05, 0.1) is 0 Å². The molecule has 0 nitrogen and oxygen atoms in total. The Hall–Kier alpha value is -2.86. The maximum Gasteiger partial charge on any atom is -0.0178 e. The summed E-state index contributed by atoms with van der Waals surface area (Å²) in [4.78, 5) is 0. The minimum atomic E-state index is 1.11. The molecule has 0 aliphatic rings. The zero-order chi connectivity index (χ0) is 19.4. The van der Waals surface area contributed by atoms with Gasteiger partial charge in [0, 0.05) is 0 Å². The quantitative estimate of drug-likeness (QED) is 0.482. The Bertz CT molecular complexity index is 795. The van der Waals surface area contributed by atoms with Crippen LogP contribution in [0.25, 0.3) is 16.7 Å². The predicted octanol–water partition coefficient (Wildman–Crippen LogP) is 8.03. The van der Waals surface area contributed by atoms with Crippen LogP contribution in [0.5, 0.6) is 0 Å². The van der Waals surface area contributed by atoms with Crippen molar-refractivity contribution in [2.45, 2.75) is 27.7 Å². The summed E-state index contributed by atoms with van der Waals surface area (Å²) >= 11 is 0. The molecule has 0 saturated carbocycles. The molecule has 0 saturated heterocycles. The molecule has 0 amide bonds. The van der Waals surface area contributed by atoms with Crippen molar-refractivity contribution in [3.05, 3.63) is 115 Å². The second-order valence-corrected chi connectivity index (χ2v) is 6.37. The number of benzene rings is 2. The number of rotatable bonds is 5. The number of hydrogen-bond acceptors (Lipinski definition) is 0. The molecule has 0 bridgehead atoms. The van der Waals surface area contributed by atoms with Gasteiger partial charge in [0.25, 0.3) is 0 Å². The summed E-state index contributed by atoms with van der Waals surface area (Å²) in [5.41, 5.74) is 7.27. The zero-order valence-corrected chi connectivity index (χ0v) is 16.5. The van der Waals surface area contributed by atoms with Crippen molar-refractivity contribution in [2.24, 2.45) is 0 Å². The highest BCUT2D eigenvalue weighted by Crippen LogP contribution is 2.25. The molecule has 0 N–H and O–H groups in total. The Balaban J connectivity index is 0.000000487. The van der Waals surface area contributed by atoms with Crippen molar-refractivity contribution >= 4 is 5.57 Å². The summed E-state index contributed by atoms with van der Waals surface area (Å²) in [6, 6.07) is 19.1. The first-order valence-corrected chi connectivity index (χ1v) is 8.89. The average Bonchev–Trinajstić information content (AvgIpc) is 2.62. The summed E-state index contributed by atoms with van der Waals surface area (Å²) in [6.07, 6.45) is 10.0. The molecular weight excluding hydrogens is 312 g/mol. The Labute approximate surface area is 159 Å². The fourth-order valence-electron chi connectivity index (χ4n) is 2.46. The summed E-state index contributed by atoms with van der Waals surface area (Å²) < 4.78 is 0. The second kappa shape index (κ2) is 11.7. The lowest BCUT2D eigenvalue weighted by Gasteiger charge is -2.07. The van der Waals surface area contributed by atoms with E-state index < -0.39 is 0 Å². The lowest BCUT2D eigenvalue weighted by molar-refractivity contribution is 1.39. The third kappa shape index (κ3) is 7.81. The fourth-order valence-corrected chi connectivity index (χ4v) is 2.46. The monoisotopic (exact) mass is 342 g/mol. The van der Waals surface area contributed by atoms with E-state index in [1.54, 1.807) is 0 Å². The molecule has 0 heteroatoms. The van der Waals surface area contributed by atoms with E-state index in [0.29, 0.717) is 0 Å². The van der Waals surface area contributed by atoms with Crippen LogP contribution >= 0.6 is 0 Å². The third-order valence-corrected chi connectivity index (χ3v) is 3.50. The average molecular weight is 343 g/mol. The molecule has 26 heavy (non-hydrogen) atoms. The van der Waals surface area contributed by atoms with Crippen molar-refractivity contribution in [2.75, 3.05) is 0 Å². The van der Waals surface area contributed by atoms with Gasteiger partial charge in [-0.1, -0.05) is 103 Å². The third-order valence-electron chi connectivity index (χ3n) is 3.50. The Morgan fingerprint density at radius 3 is 2.04 bits per heavy atom. The second-order valence-electron chi connectivity index (χ2n) is 6.37. The van der Waals surface area contributed by atoms with Crippen molar-refractivity contribution in [3.8, 4) is 11.1 Å². The van der Waals surface area contributed by atoms with Crippen molar-refractivity contribution < 1.29 is 0 Å². The van der Waals surface area contributed by atoms with E-state index in [2.05, 4.69) is 87.7 Å². The summed E-state index contributed by atoms with van der Waals surface area (Å²) in [6.45, 7) is 15.6. The highest BCUT2D eigenvalue weighted by atomic mass is 14.1. The molecule has 0 fully saturated rings. The molecule has 2 aromatic carbocycles. The summed E-state index contributed by atoms with van der Waals surface area (Å²) in [7, 11) is 0. The van der Waals surface area contributed by atoms with E-state index in [1.165, 1.54) is 27.8 Å². The van der Waals surface area contributed by atoms with Crippen LogP contribution in [0.4, 0.5) is 0 Å². The minimum absolute atomic E-state index is 1.11. The van der Waals surface area contributed by atoms with Crippen LogP contribution in [0.2, 0.25) is 0 Å². The van der Waals surface area contributed by atoms with Gasteiger partial charge in [0.15, 0.2) is 0 Å². The molecule has 0 aromatic heterocycles. The van der Waals surface area contributed by atoms with E-state index in [9.17, 15) is 0 Å². The van der Waals surface area contributed by atoms with E-state index in [4.69, 9.17) is 0 Å². The van der Waals surface area contributed by atoms with Crippen LogP contribution in [0.1, 0.15) is 33.3 Å². The van der Waals surface area contributed by atoms with Gasteiger partial charge in [0.2, 0.25) is 0 Å². The van der Waals surface area contributed by atoms with Crippen molar-refractivity contribution in [1.82, 2.24) is 0 Å². The predicted molar refractivity (Wildman–Crippen MR) is 119 cm³/mol. The molecule has 0 atom stereocenters. The van der Waals surface area contributed by atoms with Gasteiger partial charge in [-0.15, -0.1) is 0 Å². The maximum atomic E-state index is 3.81. The van der Waals surface area contributed by atoms with E-state index in [1.807, 2.05) is 38.1 Å². The Morgan fingerprint density at radius 2 is 1.54 bits per heavy atom. The minimum Gasteiger partial charge on any atom is -0.0990 e. The first kappa shape index (κ1) is 21.2. The van der Waals surface area contributed by atoms with Gasteiger partial charge in [-0.2, -0.15) is 0 Å². The molecule has 2 rings (SSSR count). The molecule has 134 valence electrons. The van der Waals surface area contributed by atoms with Crippen LogP contribution in [0.3, 0.4) is 0 Å². The van der Waals surface area contributed by atoms with Crippen LogP contribution in [0, 0.1) is 0 Å². The first-order chi connectivity index (χ1) is 12.5. The Morgan fingerprint density at radius 1 is 0.885 bits per heavy atom. The van der Waals surface area contributed by atoms with E-state index >= 15 is 0 Å². The zero-order valence-electron chi connectivity index (χ0n) is 16.5. The van der Waals surface area contributed by atoms with Crippen LogP contribution in [0.15, 0.2) is 109 Å². The van der Waals surface area contributed by atoms with Gasteiger partial charge in [-0.25, -0.2) is 0 Å². The molecule has 0 unspecified atom stereocenters. The molecule has 0 aliphatic heterocycles. The first-order valence-electron chi connectivity index (χ1n) is 8.89. The van der Waals surface area contributed by atoms with Crippen LogP contribution in [-0.2, 0) is 0 Å². The molecule has 0 aliphatic carbocycles. The molecule has 0 radical (unpaired) electrons. The van der Waals surface area contributed by atoms with E-state index in [-0.39, 0.29) is 0 Å². The molecule has 0 heterocycles. The lowest BCUT2D eigenvalue weighted by atomic mass is 9.98. The summed E-state index contributed by atoms with van der Waals surface area (Å²) in [5.74, 6) is 0. The largest absolute Gasteiger partial charge is 0.0990 e.